The molecule has 0 saturated carbocycles. The minimum atomic E-state index is -0.140. The lowest BCUT2D eigenvalue weighted by molar-refractivity contribution is 0.0950. The molecule has 0 saturated heterocycles. The van der Waals surface area contributed by atoms with Gasteiger partial charge in [0.25, 0.3) is 5.91 Å². The van der Waals surface area contributed by atoms with Gasteiger partial charge in [0, 0.05) is 32.0 Å². The number of nitrogens with one attached hydrogen (secondary N) is 2. The highest BCUT2D eigenvalue weighted by atomic mass is 16.1. The Bertz CT molecular complexity index is 363. The number of amides is 1. The number of aromatic nitrogens is 2. The molecule has 100 valence electrons. The van der Waals surface area contributed by atoms with E-state index in [1.54, 1.807) is 0 Å². The van der Waals surface area contributed by atoms with Crippen molar-refractivity contribution in [1.82, 2.24) is 20.2 Å². The van der Waals surface area contributed by atoms with Crippen LogP contribution in [0.5, 0.6) is 0 Å². The highest BCUT2D eigenvalue weighted by Gasteiger charge is 2.06. The highest BCUT2D eigenvalue weighted by molar-refractivity contribution is 5.93. The summed E-state index contributed by atoms with van der Waals surface area (Å²) in [6.45, 7) is 4.32. The molecule has 18 heavy (non-hydrogen) atoms. The van der Waals surface area contributed by atoms with Gasteiger partial charge in [-0.05, 0) is 20.5 Å². The number of likely N-dealkylation sites (N-methyl/N-ethyl adjacent to an activating group) is 1. The van der Waals surface area contributed by atoms with Gasteiger partial charge < -0.3 is 15.5 Å². The fourth-order valence-electron chi connectivity index (χ4n) is 1.27. The van der Waals surface area contributed by atoms with Gasteiger partial charge in [0.1, 0.15) is 0 Å². The van der Waals surface area contributed by atoms with Gasteiger partial charge in [0.05, 0.1) is 5.56 Å². The number of carbonyl (C=O) groups is 1. The van der Waals surface area contributed by atoms with Crippen molar-refractivity contribution >= 4 is 11.9 Å². The Kier molecular flexibility index (Phi) is 6.07. The summed E-state index contributed by atoms with van der Waals surface area (Å²) in [7, 11) is 3.92. The average Bonchev–Trinajstić information content (AvgIpc) is 2.36. The van der Waals surface area contributed by atoms with Crippen molar-refractivity contribution in [1.29, 1.82) is 0 Å². The third-order valence-electron chi connectivity index (χ3n) is 2.29. The van der Waals surface area contributed by atoms with Gasteiger partial charge in [-0.15, -0.1) is 0 Å². The SMILES string of the molecule is CCCNc1ncc(C(=O)NCCN(C)C)cn1. The molecule has 0 spiro atoms. The fraction of sp³-hybridized carbons (Fsp3) is 0.583. The van der Waals surface area contributed by atoms with Crippen LogP contribution in [0.25, 0.3) is 0 Å². The van der Waals surface area contributed by atoms with Crippen molar-refractivity contribution in [2.75, 3.05) is 39.0 Å². The number of anilines is 1. The summed E-state index contributed by atoms with van der Waals surface area (Å²) in [5, 5.41) is 5.87. The maximum atomic E-state index is 11.7. The van der Waals surface area contributed by atoms with Crippen LogP contribution in [0.4, 0.5) is 5.95 Å². The van der Waals surface area contributed by atoms with Crippen molar-refractivity contribution in [3.8, 4) is 0 Å². The third kappa shape index (κ3) is 5.09. The molecule has 1 aromatic heterocycles. The topological polar surface area (TPSA) is 70.2 Å². The largest absolute Gasteiger partial charge is 0.354 e. The molecule has 0 aliphatic carbocycles. The molecule has 6 heteroatoms. The summed E-state index contributed by atoms with van der Waals surface area (Å²) in [6, 6.07) is 0. The van der Waals surface area contributed by atoms with Crippen molar-refractivity contribution in [3.63, 3.8) is 0 Å². The van der Waals surface area contributed by atoms with E-state index >= 15 is 0 Å². The van der Waals surface area contributed by atoms with Gasteiger partial charge in [-0.2, -0.15) is 0 Å². The van der Waals surface area contributed by atoms with Gasteiger partial charge in [0.15, 0.2) is 0 Å². The number of rotatable bonds is 7. The van der Waals surface area contributed by atoms with E-state index in [4.69, 9.17) is 0 Å². The molecule has 0 aliphatic heterocycles. The lowest BCUT2D eigenvalue weighted by Gasteiger charge is -2.10. The highest BCUT2D eigenvalue weighted by Crippen LogP contribution is 2.00. The zero-order valence-corrected chi connectivity index (χ0v) is 11.2. The van der Waals surface area contributed by atoms with E-state index in [0.29, 0.717) is 18.1 Å². The summed E-state index contributed by atoms with van der Waals surface area (Å²) in [5.41, 5.74) is 0.482. The minimum Gasteiger partial charge on any atom is -0.354 e. The molecule has 6 nitrogen and oxygen atoms in total. The van der Waals surface area contributed by atoms with Crippen LogP contribution in [0, 0.1) is 0 Å². The molecule has 1 heterocycles. The summed E-state index contributed by atoms with van der Waals surface area (Å²) >= 11 is 0. The van der Waals surface area contributed by atoms with E-state index in [1.807, 2.05) is 19.0 Å². The summed E-state index contributed by atoms with van der Waals surface area (Å²) < 4.78 is 0. The molecule has 0 aromatic carbocycles. The molecule has 0 radical (unpaired) electrons. The zero-order valence-electron chi connectivity index (χ0n) is 11.2. The van der Waals surface area contributed by atoms with Crippen molar-refractivity contribution < 1.29 is 4.79 Å². The van der Waals surface area contributed by atoms with Crippen LogP contribution in [0.1, 0.15) is 23.7 Å². The Hall–Kier alpha value is -1.69. The Labute approximate surface area is 108 Å². The molecule has 0 atom stereocenters. The number of nitrogens with zero attached hydrogens (tertiary/aromatic N) is 3. The van der Waals surface area contributed by atoms with Crippen LogP contribution >= 0.6 is 0 Å². The van der Waals surface area contributed by atoms with Crippen LogP contribution in [0.15, 0.2) is 12.4 Å². The second kappa shape index (κ2) is 7.60. The fourth-order valence-corrected chi connectivity index (χ4v) is 1.27. The Morgan fingerprint density at radius 2 is 1.94 bits per heavy atom. The molecule has 0 unspecified atom stereocenters. The van der Waals surface area contributed by atoms with Crippen molar-refractivity contribution in [2.45, 2.75) is 13.3 Å². The maximum absolute atomic E-state index is 11.7. The number of hydrogen-bond acceptors (Lipinski definition) is 5. The molecule has 0 aliphatic rings. The molecule has 1 amide bonds. The van der Waals surface area contributed by atoms with Crippen LogP contribution in [-0.2, 0) is 0 Å². The van der Waals surface area contributed by atoms with E-state index in [2.05, 4.69) is 27.5 Å². The molecular formula is C12H21N5O. The lowest BCUT2D eigenvalue weighted by Crippen LogP contribution is -2.31. The smallest absolute Gasteiger partial charge is 0.254 e. The van der Waals surface area contributed by atoms with E-state index in [9.17, 15) is 4.79 Å². The Morgan fingerprint density at radius 3 is 2.50 bits per heavy atom. The monoisotopic (exact) mass is 251 g/mol. The normalized spacial score (nSPS) is 10.4. The molecule has 1 rings (SSSR count). The van der Waals surface area contributed by atoms with E-state index in [1.165, 1.54) is 12.4 Å². The molecule has 1 aromatic rings. The lowest BCUT2D eigenvalue weighted by atomic mass is 10.3. The van der Waals surface area contributed by atoms with Crippen LogP contribution in [0.2, 0.25) is 0 Å². The van der Waals surface area contributed by atoms with Gasteiger partial charge >= 0.3 is 0 Å². The first-order chi connectivity index (χ1) is 8.63. The van der Waals surface area contributed by atoms with E-state index in [-0.39, 0.29) is 5.91 Å². The number of carbonyl (C=O) groups excluding carboxylic acids is 1. The molecule has 0 fully saturated rings. The second-order valence-corrected chi connectivity index (χ2v) is 4.28. The Balaban J connectivity index is 2.43. The van der Waals surface area contributed by atoms with Crippen molar-refractivity contribution in [3.05, 3.63) is 18.0 Å². The first kappa shape index (κ1) is 14.4. The first-order valence-electron chi connectivity index (χ1n) is 6.12. The number of hydrogen-bond donors (Lipinski definition) is 2. The summed E-state index contributed by atoms with van der Waals surface area (Å²) in [6.07, 6.45) is 4.09. The summed E-state index contributed by atoms with van der Waals surface area (Å²) in [4.78, 5) is 21.9. The maximum Gasteiger partial charge on any atom is 0.254 e. The predicted octanol–water partition coefficient (Wildman–Crippen LogP) is 0.590. The second-order valence-electron chi connectivity index (χ2n) is 4.28. The quantitative estimate of drug-likeness (QED) is 0.742. The van der Waals surface area contributed by atoms with Crippen molar-refractivity contribution in [2.24, 2.45) is 0 Å². The first-order valence-corrected chi connectivity index (χ1v) is 6.12. The van der Waals surface area contributed by atoms with Gasteiger partial charge in [-0.3, -0.25) is 4.79 Å². The molecular weight excluding hydrogens is 230 g/mol. The van der Waals surface area contributed by atoms with Crippen LogP contribution in [0.3, 0.4) is 0 Å². The van der Waals surface area contributed by atoms with Crippen LogP contribution < -0.4 is 10.6 Å². The standard InChI is InChI=1S/C12H21N5O/c1-4-5-14-12-15-8-10(9-16-12)11(18)13-6-7-17(2)3/h8-9H,4-7H2,1-3H3,(H,13,18)(H,14,15,16). The molecule has 2 N–H and O–H groups in total. The molecule has 0 bridgehead atoms. The van der Waals surface area contributed by atoms with E-state index < -0.39 is 0 Å². The zero-order chi connectivity index (χ0) is 13.4. The summed E-state index contributed by atoms with van der Waals surface area (Å²) in [5.74, 6) is 0.417. The van der Waals surface area contributed by atoms with Crippen LogP contribution in [-0.4, -0.2) is 54.5 Å². The third-order valence-corrected chi connectivity index (χ3v) is 2.29. The van der Waals surface area contributed by atoms with E-state index in [0.717, 1.165) is 19.5 Å². The minimum absolute atomic E-state index is 0.140. The Morgan fingerprint density at radius 1 is 1.28 bits per heavy atom. The average molecular weight is 251 g/mol. The van der Waals surface area contributed by atoms with Gasteiger partial charge in [-0.25, -0.2) is 9.97 Å². The predicted molar refractivity (Wildman–Crippen MR) is 71.7 cm³/mol. The van der Waals surface area contributed by atoms with Gasteiger partial charge in [0.2, 0.25) is 5.95 Å². The van der Waals surface area contributed by atoms with Gasteiger partial charge in [-0.1, -0.05) is 6.92 Å².